The molecule has 0 radical (unpaired) electrons. The highest BCUT2D eigenvalue weighted by atomic mass is 32.2. The number of anilines is 1. The average molecular weight is 456 g/mol. The number of thioether (sulfide) groups is 1. The van der Waals surface area contributed by atoms with E-state index >= 15 is 0 Å². The Kier molecular flexibility index (Phi) is 8.09. The topological polar surface area (TPSA) is 72.3 Å². The number of methoxy groups -OCH3 is 1. The largest absolute Gasteiger partial charge is 0.495 e. The van der Waals surface area contributed by atoms with E-state index in [9.17, 15) is 4.79 Å². The van der Waals surface area contributed by atoms with Crippen molar-refractivity contribution in [2.24, 2.45) is 0 Å². The number of nitrogens with one attached hydrogen (secondary N) is 1. The lowest BCUT2D eigenvalue weighted by Crippen LogP contribution is -2.32. The fourth-order valence-corrected chi connectivity index (χ4v) is 5.12. The molecule has 32 heavy (non-hydrogen) atoms. The molecule has 0 atom stereocenters. The zero-order valence-electron chi connectivity index (χ0n) is 18.9. The minimum absolute atomic E-state index is 0.0282. The summed E-state index contributed by atoms with van der Waals surface area (Å²) in [6, 6.07) is 7.89. The monoisotopic (exact) mass is 455 g/mol. The van der Waals surface area contributed by atoms with Crippen molar-refractivity contribution in [1.29, 1.82) is 0 Å². The van der Waals surface area contributed by atoms with E-state index in [2.05, 4.69) is 26.5 Å². The van der Waals surface area contributed by atoms with Gasteiger partial charge >= 0.3 is 0 Å². The SMILES string of the molecule is COc1ccccc1-n1c(SCC(=O)NCCC2=CCCCC2)nnc1N1CCCCC1. The highest BCUT2D eigenvalue weighted by Crippen LogP contribution is 2.32. The Bertz CT molecular complexity index is 936. The number of hydrogen-bond acceptors (Lipinski definition) is 6. The van der Waals surface area contributed by atoms with E-state index in [1.807, 2.05) is 28.8 Å². The van der Waals surface area contributed by atoms with Crippen molar-refractivity contribution in [3.8, 4) is 11.4 Å². The number of carbonyl (C=O) groups excluding carboxylic acids is 1. The van der Waals surface area contributed by atoms with Crippen molar-refractivity contribution < 1.29 is 9.53 Å². The van der Waals surface area contributed by atoms with Crippen molar-refractivity contribution >= 4 is 23.6 Å². The number of ether oxygens (including phenoxy) is 1. The van der Waals surface area contributed by atoms with E-state index in [-0.39, 0.29) is 5.91 Å². The quantitative estimate of drug-likeness (QED) is 0.447. The Morgan fingerprint density at radius 1 is 1.12 bits per heavy atom. The van der Waals surface area contributed by atoms with Gasteiger partial charge in [0.2, 0.25) is 11.9 Å². The number of hydrogen-bond donors (Lipinski definition) is 1. The van der Waals surface area contributed by atoms with Crippen LogP contribution in [0.1, 0.15) is 51.4 Å². The molecule has 1 aliphatic carbocycles. The molecule has 0 unspecified atom stereocenters. The molecule has 0 saturated carbocycles. The van der Waals surface area contributed by atoms with Crippen LogP contribution in [0.2, 0.25) is 0 Å². The third-order valence-electron chi connectivity index (χ3n) is 6.07. The van der Waals surface area contributed by atoms with E-state index in [0.29, 0.717) is 17.5 Å². The van der Waals surface area contributed by atoms with E-state index in [0.717, 1.165) is 49.7 Å². The molecule has 1 N–H and O–H groups in total. The summed E-state index contributed by atoms with van der Waals surface area (Å²) in [5.41, 5.74) is 2.37. The summed E-state index contributed by atoms with van der Waals surface area (Å²) < 4.78 is 7.65. The van der Waals surface area contributed by atoms with Gasteiger partial charge in [0.25, 0.3) is 0 Å². The Balaban J connectivity index is 1.45. The smallest absolute Gasteiger partial charge is 0.232 e. The van der Waals surface area contributed by atoms with Crippen molar-refractivity contribution in [2.45, 2.75) is 56.5 Å². The molecule has 1 amide bonds. The van der Waals surface area contributed by atoms with Crippen molar-refractivity contribution in [3.05, 3.63) is 35.9 Å². The number of amides is 1. The average Bonchev–Trinajstić information content (AvgIpc) is 3.27. The maximum absolute atomic E-state index is 12.5. The highest BCUT2D eigenvalue weighted by Gasteiger charge is 2.23. The molecule has 1 aliphatic heterocycles. The van der Waals surface area contributed by atoms with E-state index in [4.69, 9.17) is 4.74 Å². The summed E-state index contributed by atoms with van der Waals surface area (Å²) in [6.07, 6.45) is 11.8. The van der Waals surface area contributed by atoms with Crippen LogP contribution < -0.4 is 15.0 Å². The first-order valence-corrected chi connectivity index (χ1v) is 12.7. The summed E-state index contributed by atoms with van der Waals surface area (Å²) in [4.78, 5) is 14.8. The Hall–Kier alpha value is -2.48. The lowest BCUT2D eigenvalue weighted by Gasteiger charge is -2.28. The number of para-hydroxylation sites is 2. The number of allylic oxidation sites excluding steroid dienone is 1. The molecule has 0 bridgehead atoms. The third-order valence-corrected chi connectivity index (χ3v) is 7.00. The lowest BCUT2D eigenvalue weighted by molar-refractivity contribution is -0.118. The molecular formula is C24H33N5O2S. The normalized spacial score (nSPS) is 16.5. The summed E-state index contributed by atoms with van der Waals surface area (Å²) in [5, 5.41) is 12.7. The van der Waals surface area contributed by atoms with E-state index in [1.165, 1.54) is 49.4 Å². The summed E-state index contributed by atoms with van der Waals surface area (Å²) in [5.74, 6) is 1.92. The van der Waals surface area contributed by atoms with Gasteiger partial charge in [-0.15, -0.1) is 10.2 Å². The second-order valence-electron chi connectivity index (χ2n) is 8.33. The molecule has 0 spiro atoms. The Morgan fingerprint density at radius 2 is 1.97 bits per heavy atom. The first-order valence-electron chi connectivity index (χ1n) is 11.7. The summed E-state index contributed by atoms with van der Waals surface area (Å²) in [6.45, 7) is 2.63. The van der Waals surface area contributed by atoms with Gasteiger partial charge in [-0.3, -0.25) is 9.36 Å². The number of carbonyl (C=O) groups is 1. The molecule has 2 aromatic rings. The molecule has 2 heterocycles. The molecule has 4 rings (SSSR count). The molecule has 172 valence electrons. The standard InChI is InChI=1S/C24H33N5O2S/c1-31-21-13-7-6-12-20(21)29-23(28-16-8-3-9-17-28)26-27-24(29)32-18-22(30)25-15-14-19-10-4-2-5-11-19/h6-7,10,12-13H,2-5,8-9,11,14-18H2,1H3,(H,25,30). The molecule has 7 nitrogen and oxygen atoms in total. The summed E-state index contributed by atoms with van der Waals surface area (Å²) in [7, 11) is 1.67. The van der Waals surface area contributed by atoms with Crippen LogP contribution in [0.25, 0.3) is 5.69 Å². The molecule has 8 heteroatoms. The second kappa shape index (κ2) is 11.4. The van der Waals surface area contributed by atoms with Gasteiger partial charge in [-0.1, -0.05) is 35.5 Å². The molecule has 1 fully saturated rings. The predicted molar refractivity (Wildman–Crippen MR) is 129 cm³/mol. The van der Waals surface area contributed by atoms with Crippen LogP contribution in [-0.2, 0) is 4.79 Å². The predicted octanol–water partition coefficient (Wildman–Crippen LogP) is 4.37. The summed E-state index contributed by atoms with van der Waals surface area (Å²) >= 11 is 1.42. The van der Waals surface area contributed by atoms with Gasteiger partial charge in [0, 0.05) is 19.6 Å². The van der Waals surface area contributed by atoms with Crippen LogP contribution in [0.5, 0.6) is 5.75 Å². The van der Waals surface area contributed by atoms with E-state index < -0.39 is 0 Å². The fourth-order valence-electron chi connectivity index (χ4n) is 4.36. The van der Waals surface area contributed by atoms with Gasteiger partial charge < -0.3 is 15.0 Å². The first kappa shape index (κ1) is 22.7. The van der Waals surface area contributed by atoms with Crippen LogP contribution >= 0.6 is 11.8 Å². The third kappa shape index (κ3) is 5.65. The van der Waals surface area contributed by atoms with Crippen molar-refractivity contribution in [2.75, 3.05) is 37.4 Å². The zero-order valence-corrected chi connectivity index (χ0v) is 19.7. The van der Waals surface area contributed by atoms with Gasteiger partial charge in [0.05, 0.1) is 18.6 Å². The van der Waals surface area contributed by atoms with E-state index in [1.54, 1.807) is 7.11 Å². The van der Waals surface area contributed by atoms with Crippen LogP contribution in [-0.4, -0.2) is 53.2 Å². The Labute approximate surface area is 194 Å². The van der Waals surface area contributed by atoms with Gasteiger partial charge in [-0.25, -0.2) is 0 Å². The van der Waals surface area contributed by atoms with Gasteiger partial charge in [0.1, 0.15) is 5.75 Å². The van der Waals surface area contributed by atoms with Crippen LogP contribution in [0.4, 0.5) is 5.95 Å². The second-order valence-corrected chi connectivity index (χ2v) is 9.28. The van der Waals surface area contributed by atoms with Crippen LogP contribution in [0.15, 0.2) is 41.1 Å². The van der Waals surface area contributed by atoms with Gasteiger partial charge in [-0.05, 0) is 63.5 Å². The molecule has 1 saturated heterocycles. The van der Waals surface area contributed by atoms with Crippen LogP contribution in [0, 0.1) is 0 Å². The van der Waals surface area contributed by atoms with Gasteiger partial charge in [0.15, 0.2) is 5.16 Å². The minimum Gasteiger partial charge on any atom is -0.495 e. The van der Waals surface area contributed by atoms with Crippen LogP contribution in [0.3, 0.4) is 0 Å². The Morgan fingerprint density at radius 3 is 2.75 bits per heavy atom. The number of piperidine rings is 1. The minimum atomic E-state index is 0.0282. The van der Waals surface area contributed by atoms with Gasteiger partial charge in [-0.2, -0.15) is 0 Å². The molecule has 2 aliphatic rings. The van der Waals surface area contributed by atoms with Crippen molar-refractivity contribution in [1.82, 2.24) is 20.1 Å². The highest BCUT2D eigenvalue weighted by molar-refractivity contribution is 7.99. The lowest BCUT2D eigenvalue weighted by atomic mass is 9.97. The number of aromatic nitrogens is 3. The zero-order chi connectivity index (χ0) is 22.2. The molecule has 1 aromatic carbocycles. The first-order chi connectivity index (χ1) is 15.8. The maximum Gasteiger partial charge on any atom is 0.232 e. The van der Waals surface area contributed by atoms with Crippen molar-refractivity contribution in [3.63, 3.8) is 0 Å². The number of nitrogens with zero attached hydrogens (tertiary/aromatic N) is 4. The maximum atomic E-state index is 12.5. The number of benzene rings is 1. The molecule has 1 aromatic heterocycles. The fraction of sp³-hybridized carbons (Fsp3) is 0.542. The molecular weight excluding hydrogens is 422 g/mol. The number of rotatable bonds is 9.